The van der Waals surface area contributed by atoms with Gasteiger partial charge in [0, 0.05) is 31.3 Å². The summed E-state index contributed by atoms with van der Waals surface area (Å²) < 4.78 is 5.64. The zero-order valence-corrected chi connectivity index (χ0v) is 15.8. The molecular formula is C19H36N4O2. The minimum Gasteiger partial charge on any atom is -0.393 e. The average Bonchev–Trinajstić information content (AvgIpc) is 3.18. The van der Waals surface area contributed by atoms with Crippen LogP contribution in [0.2, 0.25) is 0 Å². The number of aliphatic hydroxyl groups excluding tert-OH is 1. The Morgan fingerprint density at radius 1 is 1.16 bits per heavy atom. The molecule has 0 radical (unpaired) electrons. The monoisotopic (exact) mass is 352 g/mol. The largest absolute Gasteiger partial charge is 0.393 e. The Kier molecular flexibility index (Phi) is 6.96. The van der Waals surface area contributed by atoms with Gasteiger partial charge in [-0.25, -0.2) is 0 Å². The molecular weight excluding hydrogens is 316 g/mol. The van der Waals surface area contributed by atoms with Crippen molar-refractivity contribution >= 4 is 5.96 Å². The van der Waals surface area contributed by atoms with Crippen LogP contribution < -0.4 is 10.6 Å². The maximum Gasteiger partial charge on any atom is 0.191 e. The Bertz CT molecular complexity index is 423. The van der Waals surface area contributed by atoms with Crippen molar-refractivity contribution in [3.8, 4) is 0 Å². The molecule has 3 N–H and O–H groups in total. The molecule has 6 heteroatoms. The van der Waals surface area contributed by atoms with Gasteiger partial charge < -0.3 is 20.5 Å². The molecule has 0 aromatic rings. The number of hydrogen-bond acceptors (Lipinski definition) is 4. The van der Waals surface area contributed by atoms with Gasteiger partial charge in [-0.05, 0) is 71.4 Å². The smallest absolute Gasteiger partial charge is 0.191 e. The third-order valence-corrected chi connectivity index (χ3v) is 6.11. The van der Waals surface area contributed by atoms with Crippen LogP contribution in [0.5, 0.6) is 0 Å². The molecule has 2 heterocycles. The van der Waals surface area contributed by atoms with Crippen molar-refractivity contribution in [3.05, 3.63) is 0 Å². The lowest BCUT2D eigenvalue weighted by atomic mass is 9.88. The Hall–Kier alpha value is -0.850. The molecule has 3 rings (SSSR count). The molecule has 0 aromatic carbocycles. The fourth-order valence-electron chi connectivity index (χ4n) is 4.48. The van der Waals surface area contributed by atoms with Crippen LogP contribution in [-0.4, -0.2) is 73.0 Å². The van der Waals surface area contributed by atoms with Gasteiger partial charge in [0.2, 0.25) is 0 Å². The highest BCUT2D eigenvalue weighted by atomic mass is 16.5. The average molecular weight is 353 g/mol. The highest BCUT2D eigenvalue weighted by molar-refractivity contribution is 5.80. The zero-order chi connectivity index (χ0) is 17.5. The Balaban J connectivity index is 1.63. The summed E-state index contributed by atoms with van der Waals surface area (Å²) in [5.41, 5.74) is 0.180. The van der Waals surface area contributed by atoms with Crippen molar-refractivity contribution in [1.29, 1.82) is 0 Å². The van der Waals surface area contributed by atoms with Gasteiger partial charge in [-0.2, -0.15) is 0 Å². The first-order chi connectivity index (χ1) is 12.2. The van der Waals surface area contributed by atoms with E-state index in [1.807, 2.05) is 0 Å². The van der Waals surface area contributed by atoms with E-state index in [1.54, 1.807) is 0 Å². The van der Waals surface area contributed by atoms with Crippen LogP contribution in [0.15, 0.2) is 4.99 Å². The van der Waals surface area contributed by atoms with Crippen molar-refractivity contribution in [2.75, 3.05) is 39.4 Å². The van der Waals surface area contributed by atoms with Crippen LogP contribution in [0.25, 0.3) is 0 Å². The summed E-state index contributed by atoms with van der Waals surface area (Å²) in [4.78, 5) is 7.67. The highest BCUT2D eigenvalue weighted by Crippen LogP contribution is 2.31. The van der Waals surface area contributed by atoms with Crippen LogP contribution in [0.1, 0.15) is 58.3 Å². The van der Waals surface area contributed by atoms with Gasteiger partial charge in [0.05, 0.1) is 12.6 Å². The van der Waals surface area contributed by atoms with Crippen LogP contribution in [0.4, 0.5) is 0 Å². The lowest BCUT2D eigenvalue weighted by Gasteiger charge is -2.43. The minimum absolute atomic E-state index is 0.113. The van der Waals surface area contributed by atoms with E-state index in [4.69, 9.17) is 9.73 Å². The third kappa shape index (κ3) is 5.08. The van der Waals surface area contributed by atoms with Gasteiger partial charge in [0.1, 0.15) is 0 Å². The summed E-state index contributed by atoms with van der Waals surface area (Å²) in [5.74, 6) is 0.939. The molecule has 25 heavy (non-hydrogen) atoms. The number of hydrogen-bond donors (Lipinski definition) is 3. The number of nitrogens with zero attached hydrogens (tertiary/aromatic N) is 2. The molecule has 3 aliphatic rings. The quantitative estimate of drug-likeness (QED) is 0.517. The first kappa shape index (κ1) is 18.9. The summed E-state index contributed by atoms with van der Waals surface area (Å²) >= 11 is 0. The van der Waals surface area contributed by atoms with Crippen molar-refractivity contribution in [3.63, 3.8) is 0 Å². The summed E-state index contributed by atoms with van der Waals surface area (Å²) in [6.45, 7) is 7.97. The molecule has 0 spiro atoms. The molecule has 0 amide bonds. The second-order valence-electron chi connectivity index (χ2n) is 7.88. The zero-order valence-electron chi connectivity index (χ0n) is 15.8. The summed E-state index contributed by atoms with van der Waals surface area (Å²) in [5, 5.41) is 16.7. The van der Waals surface area contributed by atoms with Gasteiger partial charge in [-0.3, -0.25) is 9.89 Å². The Morgan fingerprint density at radius 2 is 1.84 bits per heavy atom. The molecule has 6 nitrogen and oxygen atoms in total. The van der Waals surface area contributed by atoms with E-state index in [2.05, 4.69) is 22.5 Å². The first-order valence-electron chi connectivity index (χ1n) is 10.3. The molecule has 144 valence electrons. The van der Waals surface area contributed by atoms with E-state index in [-0.39, 0.29) is 11.6 Å². The summed E-state index contributed by atoms with van der Waals surface area (Å²) in [6, 6.07) is 0.429. The number of rotatable bonds is 5. The van der Waals surface area contributed by atoms with Crippen LogP contribution in [0.3, 0.4) is 0 Å². The van der Waals surface area contributed by atoms with Gasteiger partial charge in [0.25, 0.3) is 0 Å². The SMILES string of the molecule is CCNC(=NCC1(N2CCCC2)CCOCC1)NC1CCC(O)CC1. The second-order valence-corrected chi connectivity index (χ2v) is 7.88. The predicted octanol–water partition coefficient (Wildman–Crippen LogP) is 1.49. The van der Waals surface area contributed by atoms with Gasteiger partial charge >= 0.3 is 0 Å². The molecule has 0 aromatic heterocycles. The normalized spacial score (nSPS) is 31.0. The molecule has 0 atom stereocenters. The fraction of sp³-hybridized carbons (Fsp3) is 0.947. The molecule has 2 aliphatic heterocycles. The van der Waals surface area contributed by atoms with Gasteiger partial charge in [-0.15, -0.1) is 0 Å². The molecule has 1 aliphatic carbocycles. The molecule has 0 unspecified atom stereocenters. The van der Waals surface area contributed by atoms with Crippen LogP contribution >= 0.6 is 0 Å². The molecule has 3 fully saturated rings. The number of ether oxygens (including phenoxy) is 1. The van der Waals surface area contributed by atoms with E-state index in [0.717, 1.165) is 70.8 Å². The number of likely N-dealkylation sites (tertiary alicyclic amines) is 1. The number of aliphatic hydroxyl groups is 1. The maximum atomic E-state index is 9.70. The Morgan fingerprint density at radius 3 is 2.48 bits per heavy atom. The minimum atomic E-state index is -0.113. The predicted molar refractivity (Wildman–Crippen MR) is 101 cm³/mol. The summed E-state index contributed by atoms with van der Waals surface area (Å²) in [7, 11) is 0. The van der Waals surface area contributed by atoms with E-state index in [9.17, 15) is 5.11 Å². The van der Waals surface area contributed by atoms with Crippen LogP contribution in [0, 0.1) is 0 Å². The van der Waals surface area contributed by atoms with Crippen molar-refractivity contribution in [2.24, 2.45) is 4.99 Å². The lowest BCUT2D eigenvalue weighted by molar-refractivity contribution is -0.0139. The van der Waals surface area contributed by atoms with E-state index in [0.29, 0.717) is 6.04 Å². The van der Waals surface area contributed by atoms with Crippen molar-refractivity contribution in [2.45, 2.75) is 76.0 Å². The standard InChI is InChI=1S/C19H36N4O2/c1-2-20-18(22-16-5-7-17(24)8-6-16)21-15-19(9-13-25-14-10-19)23-11-3-4-12-23/h16-17,24H,2-15H2,1H3,(H2,20,21,22). The maximum absolute atomic E-state index is 9.70. The number of nitrogens with one attached hydrogen (secondary N) is 2. The van der Waals surface area contributed by atoms with Gasteiger partial charge in [-0.1, -0.05) is 0 Å². The highest BCUT2D eigenvalue weighted by Gasteiger charge is 2.39. The Labute approximate surface area is 152 Å². The van der Waals surface area contributed by atoms with E-state index >= 15 is 0 Å². The van der Waals surface area contributed by atoms with E-state index < -0.39 is 0 Å². The second kappa shape index (κ2) is 9.19. The molecule has 1 saturated carbocycles. The van der Waals surface area contributed by atoms with Crippen LogP contribution in [-0.2, 0) is 4.74 Å². The first-order valence-corrected chi connectivity index (χ1v) is 10.3. The van der Waals surface area contributed by atoms with Gasteiger partial charge in [0.15, 0.2) is 5.96 Å². The van der Waals surface area contributed by atoms with Crippen molar-refractivity contribution < 1.29 is 9.84 Å². The lowest BCUT2D eigenvalue weighted by Crippen LogP contribution is -2.54. The molecule has 2 saturated heterocycles. The topological polar surface area (TPSA) is 69.1 Å². The summed E-state index contributed by atoms with van der Waals surface area (Å²) in [6.07, 6.45) is 8.53. The number of guanidine groups is 1. The number of aliphatic imine (C=N–C) groups is 1. The van der Waals surface area contributed by atoms with Crippen molar-refractivity contribution in [1.82, 2.24) is 15.5 Å². The van der Waals surface area contributed by atoms with E-state index in [1.165, 1.54) is 25.9 Å². The third-order valence-electron chi connectivity index (χ3n) is 6.11. The fourth-order valence-corrected chi connectivity index (χ4v) is 4.48. The molecule has 0 bridgehead atoms.